The minimum atomic E-state index is -0.644. The number of ether oxygens (including phenoxy) is 1. The van der Waals surface area contributed by atoms with Gasteiger partial charge in [0.05, 0.1) is 6.21 Å². The normalized spacial score (nSPS) is 11.6. The highest BCUT2D eigenvalue weighted by Gasteiger charge is 2.15. The van der Waals surface area contributed by atoms with E-state index in [1.165, 1.54) is 18.3 Å². The van der Waals surface area contributed by atoms with Gasteiger partial charge in [-0.25, -0.2) is 14.6 Å². The van der Waals surface area contributed by atoms with Crippen molar-refractivity contribution >= 4 is 12.3 Å². The monoisotopic (exact) mass is 304 g/mol. The molecule has 5 nitrogen and oxygen atoms in total. The second kappa shape index (κ2) is 6.43. The summed E-state index contributed by atoms with van der Waals surface area (Å²) in [5.41, 5.74) is 2.41. The Morgan fingerprint density at radius 1 is 1.23 bits per heavy atom. The lowest BCUT2D eigenvalue weighted by Gasteiger charge is -2.18. The van der Waals surface area contributed by atoms with Crippen LogP contribution >= 0.6 is 0 Å². The van der Waals surface area contributed by atoms with E-state index in [0.717, 1.165) is 5.56 Å². The van der Waals surface area contributed by atoms with E-state index in [1.807, 2.05) is 0 Å². The Morgan fingerprint density at radius 3 is 2.55 bits per heavy atom. The predicted molar refractivity (Wildman–Crippen MR) is 81.1 cm³/mol. The van der Waals surface area contributed by atoms with Crippen LogP contribution in [0.3, 0.4) is 0 Å². The van der Waals surface area contributed by atoms with Crippen LogP contribution < -0.4 is 5.43 Å². The average molecular weight is 304 g/mol. The van der Waals surface area contributed by atoms with Gasteiger partial charge in [-0.2, -0.15) is 5.10 Å². The Kier molecular flexibility index (Phi) is 4.60. The Hall–Kier alpha value is -2.63. The van der Waals surface area contributed by atoms with Crippen LogP contribution in [-0.4, -0.2) is 17.9 Å². The Morgan fingerprint density at radius 2 is 1.91 bits per heavy atom. The van der Waals surface area contributed by atoms with Gasteiger partial charge in [-0.05, 0) is 57.2 Å². The van der Waals surface area contributed by atoms with E-state index < -0.39 is 11.7 Å². The van der Waals surface area contributed by atoms with E-state index in [-0.39, 0.29) is 5.82 Å². The van der Waals surface area contributed by atoms with Crippen molar-refractivity contribution in [3.8, 4) is 11.3 Å². The molecular weight excluding hydrogens is 287 g/mol. The molecule has 2 rings (SSSR count). The molecule has 1 aromatic heterocycles. The van der Waals surface area contributed by atoms with Crippen LogP contribution in [0.15, 0.2) is 45.9 Å². The third-order valence-electron chi connectivity index (χ3n) is 2.50. The molecule has 6 heteroatoms. The molecule has 0 unspecified atom stereocenters. The maximum atomic E-state index is 12.9. The number of hydrogen-bond acceptors (Lipinski definition) is 4. The highest BCUT2D eigenvalue weighted by Crippen LogP contribution is 2.21. The molecule has 0 aliphatic rings. The summed E-state index contributed by atoms with van der Waals surface area (Å²) in [4.78, 5) is 11.4. The van der Waals surface area contributed by atoms with Crippen molar-refractivity contribution in [2.75, 3.05) is 0 Å². The van der Waals surface area contributed by atoms with Crippen molar-refractivity contribution in [1.29, 1.82) is 0 Å². The molecule has 0 radical (unpaired) electrons. The van der Waals surface area contributed by atoms with Gasteiger partial charge in [-0.1, -0.05) is 0 Å². The summed E-state index contributed by atoms with van der Waals surface area (Å²) in [5, 5.41) is 3.74. The van der Waals surface area contributed by atoms with Gasteiger partial charge >= 0.3 is 6.09 Å². The average Bonchev–Trinajstić information content (AvgIpc) is 2.86. The Labute approximate surface area is 127 Å². The van der Waals surface area contributed by atoms with Crippen LogP contribution in [0.1, 0.15) is 26.5 Å². The van der Waals surface area contributed by atoms with E-state index in [4.69, 9.17) is 9.15 Å². The third kappa shape index (κ3) is 4.73. The summed E-state index contributed by atoms with van der Waals surface area (Å²) in [7, 11) is 0. The number of benzene rings is 1. The zero-order valence-corrected chi connectivity index (χ0v) is 12.6. The molecule has 0 atom stereocenters. The van der Waals surface area contributed by atoms with E-state index in [0.29, 0.717) is 11.5 Å². The van der Waals surface area contributed by atoms with Crippen molar-refractivity contribution < 1.29 is 18.3 Å². The lowest BCUT2D eigenvalue weighted by Crippen LogP contribution is -2.29. The summed E-state index contributed by atoms with van der Waals surface area (Å²) in [6, 6.07) is 9.38. The van der Waals surface area contributed by atoms with E-state index in [2.05, 4.69) is 10.5 Å². The molecule has 1 heterocycles. The fraction of sp³-hybridized carbons (Fsp3) is 0.250. The summed E-state index contributed by atoms with van der Waals surface area (Å²) >= 11 is 0. The molecule has 0 aliphatic heterocycles. The smallest absolute Gasteiger partial charge is 0.428 e. The van der Waals surface area contributed by atoms with Crippen LogP contribution in [-0.2, 0) is 4.74 Å². The van der Waals surface area contributed by atoms with Crippen LogP contribution in [0.4, 0.5) is 9.18 Å². The lowest BCUT2D eigenvalue weighted by molar-refractivity contribution is 0.0529. The molecule has 0 spiro atoms. The number of carbonyl (C=O) groups is 1. The number of hydrazone groups is 1. The summed E-state index contributed by atoms with van der Waals surface area (Å²) in [5.74, 6) is 0.729. The summed E-state index contributed by atoms with van der Waals surface area (Å²) in [6.07, 6.45) is 0.714. The first-order valence-electron chi connectivity index (χ1n) is 6.71. The van der Waals surface area contributed by atoms with Gasteiger partial charge in [0.2, 0.25) is 0 Å². The second-order valence-electron chi connectivity index (χ2n) is 5.58. The first-order chi connectivity index (χ1) is 10.3. The van der Waals surface area contributed by atoms with Crippen molar-refractivity contribution in [3.63, 3.8) is 0 Å². The van der Waals surface area contributed by atoms with Crippen molar-refractivity contribution in [2.45, 2.75) is 26.4 Å². The van der Waals surface area contributed by atoms with Gasteiger partial charge in [0, 0.05) is 5.56 Å². The fourth-order valence-electron chi connectivity index (χ4n) is 1.64. The molecule has 1 aromatic carbocycles. The molecule has 0 saturated carbocycles. The topological polar surface area (TPSA) is 63.8 Å². The lowest BCUT2D eigenvalue weighted by atomic mass is 10.2. The predicted octanol–water partition coefficient (Wildman–Crippen LogP) is 3.94. The fourth-order valence-corrected chi connectivity index (χ4v) is 1.64. The number of rotatable bonds is 3. The largest absolute Gasteiger partial charge is 0.455 e. The molecule has 0 saturated heterocycles. The Balaban J connectivity index is 1.96. The molecule has 1 amide bonds. The molecule has 0 fully saturated rings. The molecule has 116 valence electrons. The van der Waals surface area contributed by atoms with E-state index in [9.17, 15) is 9.18 Å². The third-order valence-corrected chi connectivity index (χ3v) is 2.50. The Bertz CT molecular complexity index is 669. The molecule has 2 aromatic rings. The number of nitrogens with one attached hydrogen (secondary N) is 1. The first kappa shape index (κ1) is 15.8. The standard InChI is InChI=1S/C16H17FN2O3/c1-16(2,3)22-15(20)19-18-10-13-8-9-14(21-13)11-4-6-12(17)7-5-11/h4-10H,1-3H3,(H,19,20). The summed E-state index contributed by atoms with van der Waals surface area (Å²) in [6.45, 7) is 5.29. The van der Waals surface area contributed by atoms with Crippen LogP contribution in [0.25, 0.3) is 11.3 Å². The highest BCUT2D eigenvalue weighted by atomic mass is 19.1. The number of halogens is 1. The van der Waals surface area contributed by atoms with Crippen LogP contribution in [0.5, 0.6) is 0 Å². The maximum Gasteiger partial charge on any atom is 0.428 e. The SMILES string of the molecule is CC(C)(C)OC(=O)NN=Cc1ccc(-c2ccc(F)cc2)o1. The number of furan rings is 1. The highest BCUT2D eigenvalue weighted by molar-refractivity contribution is 5.79. The molecular formula is C16H17FN2O3. The molecule has 22 heavy (non-hydrogen) atoms. The molecule has 0 aliphatic carbocycles. The first-order valence-corrected chi connectivity index (χ1v) is 6.71. The molecule has 1 N–H and O–H groups in total. The van der Waals surface area contributed by atoms with Crippen molar-refractivity contribution in [1.82, 2.24) is 5.43 Å². The van der Waals surface area contributed by atoms with Gasteiger partial charge < -0.3 is 9.15 Å². The van der Waals surface area contributed by atoms with Crippen LogP contribution in [0, 0.1) is 5.82 Å². The van der Waals surface area contributed by atoms with Gasteiger partial charge in [-0.15, -0.1) is 0 Å². The maximum absolute atomic E-state index is 12.9. The van der Waals surface area contributed by atoms with Gasteiger partial charge in [-0.3, -0.25) is 0 Å². The van der Waals surface area contributed by atoms with Gasteiger partial charge in [0.1, 0.15) is 22.9 Å². The minimum absolute atomic E-state index is 0.307. The number of amides is 1. The zero-order chi connectivity index (χ0) is 16.2. The summed E-state index contributed by atoms with van der Waals surface area (Å²) < 4.78 is 23.4. The quantitative estimate of drug-likeness (QED) is 0.690. The van der Waals surface area contributed by atoms with Crippen molar-refractivity contribution in [3.05, 3.63) is 48.0 Å². The zero-order valence-electron chi connectivity index (χ0n) is 12.6. The number of hydrogen-bond donors (Lipinski definition) is 1. The van der Waals surface area contributed by atoms with Crippen LogP contribution in [0.2, 0.25) is 0 Å². The van der Waals surface area contributed by atoms with E-state index in [1.54, 1.807) is 45.0 Å². The second-order valence-corrected chi connectivity index (χ2v) is 5.58. The van der Waals surface area contributed by atoms with Crippen molar-refractivity contribution in [2.24, 2.45) is 5.10 Å². The number of nitrogens with zero attached hydrogens (tertiary/aromatic N) is 1. The minimum Gasteiger partial charge on any atom is -0.455 e. The van der Waals surface area contributed by atoms with Gasteiger partial charge in [0.25, 0.3) is 0 Å². The molecule has 0 bridgehead atoms. The van der Waals surface area contributed by atoms with E-state index >= 15 is 0 Å². The van der Waals surface area contributed by atoms with Gasteiger partial charge in [0.15, 0.2) is 0 Å². The number of carbonyl (C=O) groups excluding carboxylic acids is 1.